The van der Waals surface area contributed by atoms with Gasteiger partial charge >= 0.3 is 233 Å². The van der Waals surface area contributed by atoms with Crippen LogP contribution in [0, 0.1) is 12.3 Å². The van der Waals surface area contributed by atoms with Crippen LogP contribution in [0.2, 0.25) is 3.72 Å². The van der Waals surface area contributed by atoms with Crippen molar-refractivity contribution in [2.45, 2.75) is 97.6 Å². The van der Waals surface area contributed by atoms with E-state index >= 15 is 0 Å². The van der Waals surface area contributed by atoms with Gasteiger partial charge in [0.1, 0.15) is 0 Å². The zero-order chi connectivity index (χ0) is 27.6. The normalized spacial score (nSPS) is 18.2. The van der Waals surface area contributed by atoms with Crippen molar-refractivity contribution in [3.63, 3.8) is 0 Å². The molecule has 0 saturated heterocycles. The fourth-order valence-electron chi connectivity index (χ4n) is 5.99. The smallest absolute Gasteiger partial charge is 0.147 e. The van der Waals surface area contributed by atoms with E-state index in [9.17, 15) is 0 Å². The van der Waals surface area contributed by atoms with E-state index in [2.05, 4.69) is 144 Å². The summed E-state index contributed by atoms with van der Waals surface area (Å²) in [7, 11) is 0. The molecular formula is C35H48Cl2OTi. The van der Waals surface area contributed by atoms with Gasteiger partial charge in [0.05, 0.1) is 0 Å². The molecule has 0 N–H and O–H groups in total. The summed E-state index contributed by atoms with van der Waals surface area (Å²) < 4.78 is 8.57. The summed E-state index contributed by atoms with van der Waals surface area (Å²) in [6, 6.07) is 13.7. The van der Waals surface area contributed by atoms with E-state index in [4.69, 9.17) is 3.32 Å². The standard InChI is InChI=1S/C21H25.C11H16O.C3H6.2ClH.Ti/c1-20(2,3)18-11-7-9-14-15-10-8-12-19(21(4,5)6)17(15)13-16(14)18;1-8-5-9(11(2,3)4)7-10(12)6-8;1-3-2;;;/h7-13H,1-6H3;5-7,12H,1-4H3;1-2H3;2*1H;/q;;;;;+1/p-1. The number of rotatable bonds is 3. The molecule has 2 aromatic rings. The first kappa shape index (κ1) is 33.8. The van der Waals surface area contributed by atoms with Crippen LogP contribution in [0.3, 0.4) is 0 Å². The van der Waals surface area contributed by atoms with E-state index in [1.54, 1.807) is 0 Å². The van der Waals surface area contributed by atoms with Crippen molar-refractivity contribution in [2.24, 2.45) is 5.41 Å². The molecule has 1 nitrogen and oxygen atoms in total. The van der Waals surface area contributed by atoms with Crippen LogP contribution < -0.4 is 3.32 Å². The first-order valence-electron chi connectivity index (χ1n) is 13.7. The molecule has 0 aromatic heterocycles. The van der Waals surface area contributed by atoms with Crippen molar-refractivity contribution in [3.05, 3.63) is 88.0 Å². The Bertz CT molecular complexity index is 1370. The van der Waals surface area contributed by atoms with Gasteiger partial charge in [0, 0.05) is 0 Å². The summed E-state index contributed by atoms with van der Waals surface area (Å²) in [5.74, 6) is 1.03. The van der Waals surface area contributed by atoms with Crippen molar-refractivity contribution in [1.29, 1.82) is 0 Å². The van der Waals surface area contributed by atoms with Crippen LogP contribution in [0.1, 0.15) is 104 Å². The van der Waals surface area contributed by atoms with Gasteiger partial charge in [-0.05, 0) is 0 Å². The molecule has 39 heavy (non-hydrogen) atoms. The summed E-state index contributed by atoms with van der Waals surface area (Å²) in [5.41, 5.74) is 9.77. The molecule has 0 spiro atoms. The van der Waals surface area contributed by atoms with E-state index in [0.717, 1.165) is 5.75 Å². The van der Waals surface area contributed by atoms with Crippen LogP contribution >= 0.6 is 24.8 Å². The predicted octanol–water partition coefficient (Wildman–Crippen LogP) is 10.8. The molecule has 1 unspecified atom stereocenters. The molecule has 0 bridgehead atoms. The first-order chi connectivity index (χ1) is 17.0. The molecule has 4 rings (SSSR count). The summed E-state index contributed by atoms with van der Waals surface area (Å²) >= 11 is -2.39. The number of allylic oxidation sites excluding steroid dienone is 5. The molecule has 0 fully saturated rings. The second-order valence-corrected chi connectivity index (χ2v) is 18.4. The Morgan fingerprint density at radius 2 is 1.49 bits per heavy atom. The average molecular weight is 604 g/mol. The Balaban J connectivity index is 0.00000267. The van der Waals surface area contributed by atoms with Crippen molar-refractivity contribution >= 4 is 40.3 Å². The second-order valence-electron chi connectivity index (χ2n) is 14.3. The first-order valence-corrected chi connectivity index (χ1v) is 15.9. The Hall–Kier alpha value is -1.38. The van der Waals surface area contributed by atoms with E-state index in [1.807, 2.05) is 0 Å². The summed E-state index contributed by atoms with van der Waals surface area (Å²) in [6.07, 6.45) is 9.66. The molecule has 1 atom stereocenters. The largest absolute Gasteiger partial charge is 0.147 e. The van der Waals surface area contributed by atoms with Crippen LogP contribution in [0.5, 0.6) is 5.75 Å². The SMILES string of the molecule is C[C](C)=[Ti]([O]c1cc(C)cc(C(C)(C)C)c1)[C]1(C(C)(C)C)C=CC=C2C1=Cc1c2cccc1C(C)(C)C.Cl.Cl. The minimum atomic E-state index is -2.39. The van der Waals surface area contributed by atoms with E-state index < -0.39 is 17.8 Å². The molecule has 2 aromatic carbocycles. The average Bonchev–Trinajstić information content (AvgIpc) is 3.14. The minimum absolute atomic E-state index is 0. The van der Waals surface area contributed by atoms with Crippen molar-refractivity contribution in [2.75, 3.05) is 0 Å². The van der Waals surface area contributed by atoms with Gasteiger partial charge in [-0.2, -0.15) is 0 Å². The molecule has 212 valence electrons. The Morgan fingerprint density at radius 1 is 0.846 bits per heavy atom. The number of aryl methyl sites for hydroxylation is 1. The molecule has 0 aliphatic heterocycles. The van der Waals surface area contributed by atoms with E-state index in [0.29, 0.717) is 0 Å². The number of hydrogen-bond donors (Lipinski definition) is 0. The van der Waals surface area contributed by atoms with Crippen LogP contribution in [-0.4, -0.2) is 3.81 Å². The fourth-order valence-corrected chi connectivity index (χ4v) is 10.5. The number of benzene rings is 2. The molecule has 2 aliphatic rings. The van der Waals surface area contributed by atoms with Gasteiger partial charge in [0.25, 0.3) is 0 Å². The van der Waals surface area contributed by atoms with Crippen molar-refractivity contribution < 1.29 is 21.1 Å². The van der Waals surface area contributed by atoms with Crippen LogP contribution in [0.25, 0.3) is 11.6 Å². The molecule has 0 saturated carbocycles. The topological polar surface area (TPSA) is 9.23 Å². The number of hydrogen-bond acceptors (Lipinski definition) is 1. The zero-order valence-corrected chi connectivity index (χ0v) is 29.2. The summed E-state index contributed by atoms with van der Waals surface area (Å²) in [5, 5.41) is 0. The zero-order valence-electron chi connectivity index (χ0n) is 26.0. The maximum atomic E-state index is 7.28. The molecule has 0 amide bonds. The Kier molecular flexibility index (Phi) is 9.96. The minimum Gasteiger partial charge on any atom is -0.147 e. The molecule has 2 aliphatic carbocycles. The van der Waals surface area contributed by atoms with Gasteiger partial charge in [-0.1, -0.05) is 0 Å². The third-order valence-electron chi connectivity index (χ3n) is 7.95. The number of halogens is 2. The van der Waals surface area contributed by atoms with Crippen molar-refractivity contribution in [1.82, 2.24) is 0 Å². The molecular weight excluding hydrogens is 555 g/mol. The van der Waals surface area contributed by atoms with Gasteiger partial charge in [-0.3, -0.25) is 0 Å². The fraction of sp³-hybridized carbons (Fsp3) is 0.457. The molecule has 4 heteroatoms. The predicted molar refractivity (Wildman–Crippen MR) is 174 cm³/mol. The monoisotopic (exact) mass is 602 g/mol. The molecule has 0 heterocycles. The third kappa shape index (κ3) is 6.13. The van der Waals surface area contributed by atoms with Crippen LogP contribution in [0.4, 0.5) is 0 Å². The second kappa shape index (κ2) is 11.5. The van der Waals surface area contributed by atoms with E-state index in [-0.39, 0.29) is 44.8 Å². The quantitative estimate of drug-likeness (QED) is 0.317. The van der Waals surface area contributed by atoms with E-state index in [1.165, 1.54) is 42.8 Å². The summed E-state index contributed by atoms with van der Waals surface area (Å²) in [6.45, 7) is 27.8. The van der Waals surface area contributed by atoms with Gasteiger partial charge in [0.15, 0.2) is 0 Å². The third-order valence-corrected chi connectivity index (χ3v) is 13.0. The number of fused-ring (bicyclic) bond motifs is 3. The maximum absolute atomic E-state index is 7.28. The molecule has 0 radical (unpaired) electrons. The van der Waals surface area contributed by atoms with Gasteiger partial charge in [0.2, 0.25) is 0 Å². The Morgan fingerprint density at radius 3 is 2.03 bits per heavy atom. The Labute approximate surface area is 256 Å². The summed E-state index contributed by atoms with van der Waals surface area (Å²) in [4.78, 5) is 0. The maximum Gasteiger partial charge on any atom is -0.147 e. The van der Waals surface area contributed by atoms with Gasteiger partial charge in [-0.15, -0.1) is 24.8 Å². The van der Waals surface area contributed by atoms with Gasteiger partial charge < -0.3 is 0 Å². The van der Waals surface area contributed by atoms with Crippen LogP contribution in [-0.2, 0) is 28.6 Å². The van der Waals surface area contributed by atoms with Gasteiger partial charge in [-0.25, -0.2) is 0 Å². The van der Waals surface area contributed by atoms with Crippen LogP contribution in [0.15, 0.2) is 60.2 Å². The van der Waals surface area contributed by atoms with Crippen molar-refractivity contribution in [3.8, 4) is 5.75 Å².